The van der Waals surface area contributed by atoms with Gasteiger partial charge in [0.15, 0.2) is 41.8 Å². The Labute approximate surface area is 260 Å². The van der Waals surface area contributed by atoms with Crippen molar-refractivity contribution in [2.45, 2.75) is 109 Å². The highest BCUT2D eigenvalue weighted by molar-refractivity contribution is 9.09. The summed E-state index contributed by atoms with van der Waals surface area (Å²) < 4.78 is 55.2. The van der Waals surface area contributed by atoms with Gasteiger partial charge in [-0.15, -0.1) is 0 Å². The minimum Gasteiger partial charge on any atom is -0.463 e. The fourth-order valence-electron chi connectivity index (χ4n) is 4.46. The largest absolute Gasteiger partial charge is 0.463 e. The zero-order valence-electron chi connectivity index (χ0n) is 25.0. The summed E-state index contributed by atoms with van der Waals surface area (Å²) in [6.45, 7) is 6.57. The molecular formula is C26H35BrO17. The molecule has 0 amide bonds. The third-order valence-electron chi connectivity index (χ3n) is 5.87. The lowest BCUT2D eigenvalue weighted by Gasteiger charge is -2.48. The van der Waals surface area contributed by atoms with E-state index < -0.39 is 115 Å². The van der Waals surface area contributed by atoms with Crippen molar-refractivity contribution in [3.05, 3.63) is 0 Å². The molecule has 2 fully saturated rings. The Hall–Kier alpha value is -3.35. The van der Waals surface area contributed by atoms with Gasteiger partial charge < -0.3 is 47.4 Å². The first kappa shape index (κ1) is 36.8. The second-order valence-corrected chi connectivity index (χ2v) is 10.5. The van der Waals surface area contributed by atoms with E-state index in [0.29, 0.717) is 0 Å². The summed E-state index contributed by atoms with van der Waals surface area (Å²) in [7, 11) is 0. The van der Waals surface area contributed by atoms with Crippen LogP contribution in [0.4, 0.5) is 0 Å². The zero-order valence-corrected chi connectivity index (χ0v) is 26.6. The summed E-state index contributed by atoms with van der Waals surface area (Å²) in [5.41, 5.74) is 0. The van der Waals surface area contributed by atoms with Crippen LogP contribution >= 0.6 is 15.9 Å². The first-order valence-electron chi connectivity index (χ1n) is 13.2. The normalized spacial score (nSPS) is 31.5. The van der Waals surface area contributed by atoms with E-state index in [1.165, 1.54) is 0 Å². The Bertz CT molecular complexity index is 1090. The van der Waals surface area contributed by atoms with Gasteiger partial charge >= 0.3 is 41.8 Å². The third-order valence-corrected chi connectivity index (χ3v) is 6.61. The van der Waals surface area contributed by atoms with Crippen molar-refractivity contribution in [2.75, 3.05) is 13.2 Å². The highest BCUT2D eigenvalue weighted by atomic mass is 79.9. The first-order chi connectivity index (χ1) is 20.5. The van der Waals surface area contributed by atoms with Crippen LogP contribution in [0.25, 0.3) is 0 Å². The van der Waals surface area contributed by atoms with E-state index >= 15 is 0 Å². The maximum atomic E-state index is 12.2. The molecule has 0 aromatic carbocycles. The number of hydrogen-bond donors (Lipinski definition) is 0. The summed E-state index contributed by atoms with van der Waals surface area (Å²) >= 11 is 3.23. The van der Waals surface area contributed by atoms with Gasteiger partial charge in [0.05, 0.1) is 0 Å². The average Bonchev–Trinajstić information content (AvgIpc) is 2.87. The summed E-state index contributed by atoms with van der Waals surface area (Å²) in [6.07, 6.45) is -13.2. The zero-order chi connectivity index (χ0) is 33.3. The van der Waals surface area contributed by atoms with Crippen LogP contribution in [0.1, 0.15) is 48.5 Å². The highest BCUT2D eigenvalue weighted by Crippen LogP contribution is 2.36. The molecule has 248 valence electrons. The van der Waals surface area contributed by atoms with E-state index in [1.54, 1.807) is 0 Å². The van der Waals surface area contributed by atoms with Crippen molar-refractivity contribution in [1.29, 1.82) is 0 Å². The molecule has 0 N–H and O–H groups in total. The van der Waals surface area contributed by atoms with Crippen molar-refractivity contribution < 1.29 is 80.9 Å². The molecule has 0 unspecified atom stereocenters. The van der Waals surface area contributed by atoms with Gasteiger partial charge in [0, 0.05) is 48.5 Å². The third kappa shape index (κ3) is 11.0. The maximum Gasteiger partial charge on any atom is 0.303 e. The summed E-state index contributed by atoms with van der Waals surface area (Å²) in [5.74, 6) is -5.63. The molecule has 0 radical (unpaired) electrons. The molecule has 2 saturated heterocycles. The summed E-state index contributed by atoms with van der Waals surface area (Å²) in [4.78, 5) is 83.8. The smallest absolute Gasteiger partial charge is 0.303 e. The molecule has 2 aliphatic heterocycles. The SMILES string of the molecule is CC(=O)OC[C@@H]1O[C@H](O[C@H]2[C@@H](OC(C)=O)[C@H](OC(C)=O)[C@H](Br)O[C@@H]2COC(C)=O)[C@H](OC(C)=O)[C@H](OC(C)=O)[C@@H]1OC(C)=O. The Morgan fingerprint density at radius 3 is 1.27 bits per heavy atom. The van der Waals surface area contributed by atoms with Crippen LogP contribution in [-0.4, -0.2) is 115 Å². The predicted octanol–water partition coefficient (Wildman–Crippen LogP) is 0.00100. The van der Waals surface area contributed by atoms with Crippen LogP contribution in [-0.2, 0) is 80.9 Å². The van der Waals surface area contributed by atoms with Crippen LogP contribution in [0.3, 0.4) is 0 Å². The Morgan fingerprint density at radius 1 is 0.477 bits per heavy atom. The van der Waals surface area contributed by atoms with E-state index in [2.05, 4.69) is 15.9 Å². The van der Waals surface area contributed by atoms with Gasteiger partial charge in [-0.25, -0.2) is 0 Å². The van der Waals surface area contributed by atoms with Crippen LogP contribution < -0.4 is 0 Å². The molecule has 2 heterocycles. The van der Waals surface area contributed by atoms with E-state index in [1.807, 2.05) is 0 Å². The average molecular weight is 699 g/mol. The minimum absolute atomic E-state index is 0.460. The fraction of sp³-hybridized carbons (Fsp3) is 0.731. The van der Waals surface area contributed by atoms with Crippen LogP contribution in [0.15, 0.2) is 0 Å². The molecule has 0 spiro atoms. The van der Waals surface area contributed by atoms with Crippen LogP contribution in [0.2, 0.25) is 0 Å². The standard InChI is InChI=1S/C26H35BrO17/c1-10(28)35-8-17-20(21(38-13(4)31)23(25(27)42-17)40-15(6)33)44-26-24(41-16(7)34)22(39-14(5)32)19(37-12(3)30)18(43-26)9-36-11(2)29/h17-26H,8-9H2,1-7H3/t17-,18+,19-,20-,21-,22-,23+,24-,25-,26-/m1/s1. The van der Waals surface area contributed by atoms with Crippen molar-refractivity contribution in [1.82, 2.24) is 0 Å². The molecule has 2 rings (SSSR count). The minimum atomic E-state index is -1.73. The van der Waals surface area contributed by atoms with Crippen molar-refractivity contribution in [2.24, 2.45) is 0 Å². The quantitative estimate of drug-likeness (QED) is 0.158. The van der Waals surface area contributed by atoms with Gasteiger partial charge in [-0.2, -0.15) is 0 Å². The number of hydrogen-bond acceptors (Lipinski definition) is 17. The van der Waals surface area contributed by atoms with Gasteiger partial charge in [-0.1, -0.05) is 15.9 Å². The number of alkyl halides is 1. The van der Waals surface area contributed by atoms with Gasteiger partial charge in [-0.05, 0) is 0 Å². The second kappa shape index (κ2) is 16.6. The van der Waals surface area contributed by atoms with Gasteiger partial charge in [0.25, 0.3) is 0 Å². The number of esters is 7. The number of rotatable bonds is 11. The molecule has 0 bridgehead atoms. The van der Waals surface area contributed by atoms with Crippen molar-refractivity contribution in [3.63, 3.8) is 0 Å². The molecule has 0 saturated carbocycles. The number of ether oxygens (including phenoxy) is 10. The van der Waals surface area contributed by atoms with Gasteiger partial charge in [0.1, 0.15) is 31.5 Å². The Morgan fingerprint density at radius 2 is 0.841 bits per heavy atom. The fourth-order valence-corrected chi connectivity index (χ4v) is 5.15. The molecule has 17 nitrogen and oxygen atoms in total. The van der Waals surface area contributed by atoms with E-state index in [4.69, 9.17) is 47.4 Å². The van der Waals surface area contributed by atoms with Gasteiger partial charge in [-0.3, -0.25) is 33.6 Å². The lowest BCUT2D eigenvalue weighted by atomic mass is 9.96. The first-order valence-corrected chi connectivity index (χ1v) is 14.1. The van der Waals surface area contributed by atoms with Crippen molar-refractivity contribution in [3.8, 4) is 0 Å². The molecular weight excluding hydrogens is 664 g/mol. The van der Waals surface area contributed by atoms with Crippen LogP contribution in [0.5, 0.6) is 0 Å². The summed E-state index contributed by atoms with van der Waals surface area (Å²) in [5, 5.41) is -1.09. The molecule has 0 aromatic heterocycles. The van der Waals surface area contributed by atoms with Gasteiger partial charge in [0.2, 0.25) is 0 Å². The maximum absolute atomic E-state index is 12.2. The molecule has 0 aliphatic carbocycles. The molecule has 2 aliphatic rings. The van der Waals surface area contributed by atoms with Crippen LogP contribution in [0, 0.1) is 0 Å². The molecule has 10 atom stereocenters. The number of carbonyl (C=O) groups excluding carboxylic acids is 7. The Balaban J connectivity index is 2.66. The topological polar surface area (TPSA) is 212 Å². The highest BCUT2D eigenvalue weighted by Gasteiger charge is 2.57. The molecule has 44 heavy (non-hydrogen) atoms. The lowest BCUT2D eigenvalue weighted by molar-refractivity contribution is -0.341. The second-order valence-electron chi connectivity index (χ2n) is 9.64. The number of carbonyl (C=O) groups is 7. The van der Waals surface area contributed by atoms with E-state index in [-0.39, 0.29) is 0 Å². The molecule has 18 heteroatoms. The van der Waals surface area contributed by atoms with E-state index in [9.17, 15) is 33.6 Å². The van der Waals surface area contributed by atoms with Crippen molar-refractivity contribution >= 4 is 57.7 Å². The predicted molar refractivity (Wildman–Crippen MR) is 142 cm³/mol. The molecule has 0 aromatic rings. The van der Waals surface area contributed by atoms with E-state index in [0.717, 1.165) is 48.5 Å². The Kier molecular flexibility index (Phi) is 13.9. The number of halogens is 1. The lowest BCUT2D eigenvalue weighted by Crippen LogP contribution is -2.66. The monoisotopic (exact) mass is 698 g/mol. The summed E-state index contributed by atoms with van der Waals surface area (Å²) in [6, 6.07) is 0.